The number of nitrogens with two attached hydrogens (primary N) is 2. The van der Waals surface area contributed by atoms with Gasteiger partial charge in [0.2, 0.25) is 0 Å². The molecule has 0 aliphatic rings. The summed E-state index contributed by atoms with van der Waals surface area (Å²) in [7, 11) is 0. The Labute approximate surface area is 179 Å². The molecule has 0 spiro atoms. The van der Waals surface area contributed by atoms with Gasteiger partial charge in [0.25, 0.3) is 5.91 Å². The third-order valence-corrected chi connectivity index (χ3v) is 4.73. The normalized spacial score (nSPS) is 12.4. The topological polar surface area (TPSA) is 149 Å². The molecule has 0 radical (unpaired) electrons. The molecule has 3 rings (SSSR count). The minimum Gasteiger partial charge on any atom is -0.480 e. The summed E-state index contributed by atoms with van der Waals surface area (Å²) in [6.45, 7) is 2.29. The first kappa shape index (κ1) is 21.7. The molecule has 0 bridgehead atoms. The molecule has 0 saturated heterocycles. The fourth-order valence-electron chi connectivity index (χ4n) is 3.05. The largest absolute Gasteiger partial charge is 0.480 e. The lowest BCUT2D eigenvalue weighted by molar-refractivity contribution is -0.138. The Kier molecular flexibility index (Phi) is 6.78. The number of aryl methyl sites for hydroxylation is 1. The Morgan fingerprint density at radius 1 is 1.19 bits per heavy atom. The van der Waals surface area contributed by atoms with E-state index in [2.05, 4.69) is 15.3 Å². The van der Waals surface area contributed by atoms with Gasteiger partial charge in [-0.15, -0.1) is 0 Å². The average molecular weight is 420 g/mol. The Balaban J connectivity index is 1.64. The van der Waals surface area contributed by atoms with Gasteiger partial charge in [-0.05, 0) is 42.7 Å². The number of aromatic nitrogens is 2. The number of benzene rings is 2. The van der Waals surface area contributed by atoms with Crippen molar-refractivity contribution in [3.05, 3.63) is 83.4 Å². The number of carbonyl (C=O) groups is 2. The summed E-state index contributed by atoms with van der Waals surface area (Å²) >= 11 is 0. The number of aliphatic imine (C=N–C) groups is 1. The van der Waals surface area contributed by atoms with E-state index in [0.717, 1.165) is 17.1 Å². The van der Waals surface area contributed by atoms with Crippen LogP contribution in [0.3, 0.4) is 0 Å². The number of nitrogens with zero attached hydrogens (tertiary/aromatic N) is 3. The summed E-state index contributed by atoms with van der Waals surface area (Å²) in [6.07, 6.45) is 3.78. The highest BCUT2D eigenvalue weighted by Crippen LogP contribution is 2.16. The lowest BCUT2D eigenvalue weighted by Gasteiger charge is -2.13. The van der Waals surface area contributed by atoms with Gasteiger partial charge in [0, 0.05) is 24.5 Å². The number of hydrogen-bond acceptors (Lipinski definition) is 4. The van der Waals surface area contributed by atoms with Crippen molar-refractivity contribution >= 4 is 17.8 Å². The smallest absolute Gasteiger partial charge is 0.320 e. The lowest BCUT2D eigenvalue weighted by Crippen LogP contribution is -2.32. The van der Waals surface area contributed by atoms with Crippen LogP contribution in [-0.4, -0.2) is 38.5 Å². The molecule has 1 aromatic heterocycles. The fraction of sp³-hybridized carbons (Fsp3) is 0.182. The zero-order valence-electron chi connectivity index (χ0n) is 17.0. The molecule has 0 saturated carbocycles. The summed E-state index contributed by atoms with van der Waals surface area (Å²) in [5.41, 5.74) is 14.4. The van der Waals surface area contributed by atoms with Gasteiger partial charge in [-0.2, -0.15) is 4.99 Å². The van der Waals surface area contributed by atoms with Crippen LogP contribution in [0.15, 0.2) is 65.9 Å². The number of carboxylic acid groups (broad SMARTS) is 1. The minimum absolute atomic E-state index is 0.000804. The van der Waals surface area contributed by atoms with E-state index in [0.29, 0.717) is 17.7 Å². The van der Waals surface area contributed by atoms with Gasteiger partial charge in [0.1, 0.15) is 11.9 Å². The number of rotatable bonds is 7. The van der Waals surface area contributed by atoms with Gasteiger partial charge in [0.15, 0.2) is 5.96 Å². The van der Waals surface area contributed by atoms with E-state index in [-0.39, 0.29) is 12.4 Å². The van der Waals surface area contributed by atoms with Crippen LogP contribution in [0.1, 0.15) is 27.3 Å². The molecule has 1 heterocycles. The highest BCUT2D eigenvalue weighted by Gasteiger charge is 2.13. The second-order valence-electron chi connectivity index (χ2n) is 6.97. The molecule has 2 aromatic carbocycles. The average Bonchev–Trinajstić information content (AvgIpc) is 3.18. The fourth-order valence-corrected chi connectivity index (χ4v) is 3.05. The van der Waals surface area contributed by atoms with Gasteiger partial charge in [-0.25, -0.2) is 4.98 Å². The van der Waals surface area contributed by atoms with E-state index in [1.165, 1.54) is 0 Å². The van der Waals surface area contributed by atoms with Crippen LogP contribution in [0.2, 0.25) is 0 Å². The monoisotopic (exact) mass is 420 g/mol. The van der Waals surface area contributed by atoms with Gasteiger partial charge >= 0.3 is 5.97 Å². The van der Waals surface area contributed by atoms with Crippen molar-refractivity contribution in [2.75, 3.05) is 0 Å². The first-order valence-electron chi connectivity index (χ1n) is 9.63. The molecule has 6 N–H and O–H groups in total. The van der Waals surface area contributed by atoms with E-state index >= 15 is 0 Å². The standard InChI is InChI=1S/C22H24N6O3/c1-14-25-10-11-28(14)19-5-3-2-4-17(19)13-26-22(24)27-20(29)16-8-6-15(7-9-16)12-18(23)21(30)31/h2-11,18H,12-13,23H2,1H3,(H,30,31)(H3,24,26,27,29)/t18-/m0/s1. The zero-order valence-corrected chi connectivity index (χ0v) is 17.0. The summed E-state index contributed by atoms with van der Waals surface area (Å²) in [6, 6.07) is 13.2. The molecule has 9 nitrogen and oxygen atoms in total. The van der Waals surface area contributed by atoms with Crippen molar-refractivity contribution in [3.63, 3.8) is 0 Å². The third-order valence-electron chi connectivity index (χ3n) is 4.73. The first-order valence-corrected chi connectivity index (χ1v) is 9.63. The van der Waals surface area contributed by atoms with Crippen LogP contribution in [-0.2, 0) is 17.8 Å². The molecule has 3 aromatic rings. The highest BCUT2D eigenvalue weighted by molar-refractivity contribution is 6.02. The van der Waals surface area contributed by atoms with Crippen LogP contribution in [0.25, 0.3) is 5.69 Å². The summed E-state index contributed by atoms with van der Waals surface area (Å²) in [4.78, 5) is 31.4. The van der Waals surface area contributed by atoms with Crippen LogP contribution >= 0.6 is 0 Å². The van der Waals surface area contributed by atoms with Crippen molar-refractivity contribution in [2.24, 2.45) is 16.5 Å². The predicted molar refractivity (Wildman–Crippen MR) is 117 cm³/mol. The maximum Gasteiger partial charge on any atom is 0.320 e. The molecule has 9 heteroatoms. The molecule has 0 fully saturated rings. The third kappa shape index (κ3) is 5.55. The minimum atomic E-state index is -1.08. The number of imidazole rings is 1. The Morgan fingerprint density at radius 3 is 2.55 bits per heavy atom. The summed E-state index contributed by atoms with van der Waals surface area (Å²) in [5, 5.41) is 11.8. The molecule has 160 valence electrons. The van der Waals surface area contributed by atoms with Crippen molar-refractivity contribution in [1.82, 2.24) is 14.9 Å². The molecule has 1 amide bonds. The molecule has 0 aliphatic heterocycles. The van der Waals surface area contributed by atoms with Crippen molar-refractivity contribution in [3.8, 4) is 5.69 Å². The quantitative estimate of drug-likeness (QED) is 0.333. The van der Waals surface area contributed by atoms with Crippen LogP contribution in [0.5, 0.6) is 0 Å². The van der Waals surface area contributed by atoms with E-state index < -0.39 is 17.9 Å². The van der Waals surface area contributed by atoms with E-state index in [9.17, 15) is 9.59 Å². The Morgan fingerprint density at radius 2 is 1.90 bits per heavy atom. The Bertz CT molecular complexity index is 1100. The van der Waals surface area contributed by atoms with Crippen molar-refractivity contribution < 1.29 is 14.7 Å². The lowest BCUT2D eigenvalue weighted by atomic mass is 10.0. The molecule has 0 aliphatic carbocycles. The second-order valence-corrected chi connectivity index (χ2v) is 6.97. The number of carbonyl (C=O) groups excluding carboxylic acids is 1. The number of para-hydroxylation sites is 1. The number of amides is 1. The molecule has 0 unspecified atom stereocenters. The maximum atomic E-state index is 12.4. The van der Waals surface area contributed by atoms with Gasteiger partial charge in [-0.3, -0.25) is 9.59 Å². The number of nitrogens with one attached hydrogen (secondary N) is 1. The first-order chi connectivity index (χ1) is 14.8. The van der Waals surface area contributed by atoms with Gasteiger partial charge in [0.05, 0.1) is 5.69 Å². The van der Waals surface area contributed by atoms with Crippen molar-refractivity contribution in [2.45, 2.75) is 25.9 Å². The number of guanidine groups is 1. The van der Waals surface area contributed by atoms with E-state index in [1.807, 2.05) is 42.0 Å². The molecule has 31 heavy (non-hydrogen) atoms. The SMILES string of the molecule is Cc1nccn1-c1ccccc1CN/C(N)=N/C(=O)c1ccc(C[C@H](N)C(=O)O)cc1. The van der Waals surface area contributed by atoms with Crippen LogP contribution in [0, 0.1) is 6.92 Å². The predicted octanol–water partition coefficient (Wildman–Crippen LogP) is 1.38. The zero-order chi connectivity index (χ0) is 22.4. The van der Waals surface area contributed by atoms with Gasteiger partial charge < -0.3 is 26.5 Å². The molecule has 1 atom stereocenters. The van der Waals surface area contributed by atoms with E-state index in [1.54, 1.807) is 30.5 Å². The van der Waals surface area contributed by atoms with Crippen LogP contribution < -0.4 is 16.8 Å². The number of aliphatic carboxylic acids is 1. The molecular formula is C22H24N6O3. The summed E-state index contributed by atoms with van der Waals surface area (Å²) < 4.78 is 1.97. The maximum absolute atomic E-state index is 12.4. The van der Waals surface area contributed by atoms with E-state index in [4.69, 9.17) is 16.6 Å². The second kappa shape index (κ2) is 9.68. The number of hydrogen-bond donors (Lipinski definition) is 4. The van der Waals surface area contributed by atoms with Crippen molar-refractivity contribution in [1.29, 1.82) is 0 Å². The highest BCUT2D eigenvalue weighted by atomic mass is 16.4. The summed E-state index contributed by atoms with van der Waals surface area (Å²) in [5.74, 6) is -0.720. The molecular weight excluding hydrogens is 396 g/mol. The van der Waals surface area contributed by atoms with Crippen LogP contribution in [0.4, 0.5) is 0 Å². The Hall–Kier alpha value is -3.98. The van der Waals surface area contributed by atoms with Gasteiger partial charge in [-0.1, -0.05) is 30.3 Å². The number of carboxylic acids is 1.